The third kappa shape index (κ3) is 9.80. The van der Waals surface area contributed by atoms with Gasteiger partial charge in [-0.2, -0.15) is 0 Å². The Kier molecular flexibility index (Phi) is 12.7. The third-order valence-corrected chi connectivity index (χ3v) is 8.28. The van der Waals surface area contributed by atoms with E-state index in [1.165, 1.54) is 24.0 Å². The normalized spacial score (nSPS) is 21.3. The molecule has 0 spiro atoms. The molecule has 0 aromatic heterocycles. The number of rotatable bonds is 15. The fraction of sp³-hybridized carbons (Fsp3) is 0.581. The van der Waals surface area contributed by atoms with E-state index in [2.05, 4.69) is 10.6 Å². The zero-order valence-electron chi connectivity index (χ0n) is 25.9. The van der Waals surface area contributed by atoms with Gasteiger partial charge in [-0.25, -0.2) is 4.39 Å². The second-order valence-electron chi connectivity index (χ2n) is 12.0. The SMILES string of the molecule is CC([18F])C(=O)NCC(=O)CC(C)C(=O)NCC(=O)N1C[C@@H](O)CC1C(=O)N1CCCC1C(=O)CC(Cc1ccc(O)cc1)C(N)=O. The summed E-state index contributed by atoms with van der Waals surface area (Å²) in [5, 5.41) is 24.4. The van der Waals surface area contributed by atoms with E-state index >= 15 is 0 Å². The lowest BCUT2D eigenvalue weighted by molar-refractivity contribution is -0.146. The molecule has 5 amide bonds. The van der Waals surface area contributed by atoms with E-state index in [0.29, 0.717) is 18.4 Å². The van der Waals surface area contributed by atoms with Gasteiger partial charge in [0.05, 0.1) is 25.2 Å². The van der Waals surface area contributed by atoms with Crippen molar-refractivity contribution in [2.75, 3.05) is 26.2 Å². The molecule has 2 aliphatic rings. The van der Waals surface area contributed by atoms with Crippen LogP contribution in [0.4, 0.5) is 4.39 Å². The van der Waals surface area contributed by atoms with Crippen LogP contribution in [0.25, 0.3) is 0 Å². The summed E-state index contributed by atoms with van der Waals surface area (Å²) >= 11 is 0. The molecule has 15 heteroatoms. The molecule has 0 bridgehead atoms. The van der Waals surface area contributed by atoms with Crippen molar-refractivity contribution in [2.45, 2.75) is 76.7 Å². The van der Waals surface area contributed by atoms with Crippen molar-refractivity contribution in [1.29, 1.82) is 0 Å². The lowest BCUT2D eigenvalue weighted by Gasteiger charge is -2.31. The van der Waals surface area contributed by atoms with Gasteiger partial charge in [0.25, 0.3) is 5.91 Å². The lowest BCUT2D eigenvalue weighted by Crippen LogP contribution is -2.53. The molecule has 1 aromatic rings. The molecule has 2 saturated heterocycles. The number of aromatic hydroxyl groups is 1. The van der Waals surface area contributed by atoms with Crippen LogP contribution in [0.2, 0.25) is 0 Å². The monoisotopic (exact) mass is 646 g/mol. The van der Waals surface area contributed by atoms with Gasteiger partial charge in [-0.1, -0.05) is 19.1 Å². The summed E-state index contributed by atoms with van der Waals surface area (Å²) in [6.45, 7) is 1.60. The number of nitrogens with one attached hydrogen (secondary N) is 2. The van der Waals surface area contributed by atoms with Crippen LogP contribution in [-0.2, 0) is 40.0 Å². The minimum atomic E-state index is -1.78. The zero-order chi connectivity index (χ0) is 34.1. The molecule has 0 saturated carbocycles. The number of aliphatic hydroxyl groups excluding tert-OH is 1. The number of nitrogens with two attached hydrogens (primary N) is 1. The minimum Gasteiger partial charge on any atom is -0.508 e. The number of hydrogen-bond donors (Lipinski definition) is 5. The minimum absolute atomic E-state index is 0.0542. The van der Waals surface area contributed by atoms with Gasteiger partial charge in [0.2, 0.25) is 23.6 Å². The maximum atomic E-state index is 13.7. The highest BCUT2D eigenvalue weighted by molar-refractivity contribution is 5.96. The number of ketones is 2. The summed E-state index contributed by atoms with van der Waals surface area (Å²) in [6, 6.07) is 4.27. The Hall–Kier alpha value is -4.40. The van der Waals surface area contributed by atoms with E-state index in [4.69, 9.17) is 5.73 Å². The number of phenols is 1. The van der Waals surface area contributed by atoms with Crippen molar-refractivity contribution in [3.63, 3.8) is 0 Å². The number of nitrogens with zero attached hydrogens (tertiary/aromatic N) is 2. The molecular formula is C31H42FN5O9. The quantitative estimate of drug-likeness (QED) is 0.160. The first-order valence-electron chi connectivity index (χ1n) is 15.3. The molecule has 14 nitrogen and oxygen atoms in total. The number of aliphatic hydroxyl groups is 1. The van der Waals surface area contributed by atoms with Crippen LogP contribution in [0.5, 0.6) is 5.75 Å². The van der Waals surface area contributed by atoms with Crippen molar-refractivity contribution < 1.29 is 48.2 Å². The summed E-state index contributed by atoms with van der Waals surface area (Å²) in [5.41, 5.74) is 6.28. The molecule has 2 fully saturated rings. The molecule has 2 heterocycles. The van der Waals surface area contributed by atoms with E-state index < -0.39 is 84.6 Å². The first-order valence-corrected chi connectivity index (χ1v) is 15.3. The maximum Gasteiger partial charge on any atom is 0.254 e. The molecule has 0 aliphatic carbocycles. The van der Waals surface area contributed by atoms with Gasteiger partial charge in [-0.3, -0.25) is 33.6 Å². The average Bonchev–Trinajstić information content (AvgIpc) is 3.66. The zero-order valence-corrected chi connectivity index (χ0v) is 25.9. The maximum absolute atomic E-state index is 13.7. The topological polar surface area (TPSA) is 217 Å². The number of Topliss-reactive ketones (excluding diaryl/α,β-unsaturated/α-hetero) is 2. The van der Waals surface area contributed by atoms with Gasteiger partial charge in [-0.15, -0.1) is 0 Å². The van der Waals surface area contributed by atoms with Crippen molar-refractivity contribution in [1.82, 2.24) is 20.4 Å². The summed E-state index contributed by atoms with van der Waals surface area (Å²) in [4.78, 5) is 90.7. The van der Waals surface area contributed by atoms with E-state index in [1.807, 2.05) is 0 Å². The van der Waals surface area contributed by atoms with E-state index in [0.717, 1.165) is 11.8 Å². The molecule has 5 unspecified atom stereocenters. The predicted molar refractivity (Wildman–Crippen MR) is 160 cm³/mol. The van der Waals surface area contributed by atoms with Crippen LogP contribution >= 0.6 is 0 Å². The van der Waals surface area contributed by atoms with Crippen LogP contribution in [-0.4, -0.2) is 112 Å². The first kappa shape index (κ1) is 36.1. The molecule has 6 N–H and O–H groups in total. The van der Waals surface area contributed by atoms with Gasteiger partial charge in [-0.05, 0) is 43.9 Å². The van der Waals surface area contributed by atoms with Crippen molar-refractivity contribution in [3.05, 3.63) is 29.8 Å². The fourth-order valence-corrected chi connectivity index (χ4v) is 5.72. The Morgan fingerprint density at radius 1 is 0.957 bits per heavy atom. The van der Waals surface area contributed by atoms with Gasteiger partial charge < -0.3 is 36.4 Å². The summed E-state index contributed by atoms with van der Waals surface area (Å²) in [7, 11) is 0. The van der Waals surface area contributed by atoms with Crippen LogP contribution in [0, 0.1) is 11.8 Å². The fourth-order valence-electron chi connectivity index (χ4n) is 5.72. The molecule has 2 aliphatic heterocycles. The number of benzene rings is 1. The Labute approximate surface area is 265 Å². The van der Waals surface area contributed by atoms with E-state index in [1.54, 1.807) is 12.1 Å². The highest BCUT2D eigenvalue weighted by Gasteiger charge is 2.44. The number of phenolic OH excluding ortho intramolecular Hbond substituents is 1. The van der Waals surface area contributed by atoms with Crippen LogP contribution in [0.1, 0.15) is 51.5 Å². The molecule has 3 rings (SSSR count). The van der Waals surface area contributed by atoms with Gasteiger partial charge in [0.1, 0.15) is 11.8 Å². The molecule has 46 heavy (non-hydrogen) atoms. The lowest BCUT2D eigenvalue weighted by atomic mass is 9.91. The molecule has 252 valence electrons. The highest BCUT2D eigenvalue weighted by Crippen LogP contribution is 2.27. The largest absolute Gasteiger partial charge is 0.508 e. The summed E-state index contributed by atoms with van der Waals surface area (Å²) in [5.74, 6) is -5.91. The Balaban J connectivity index is 1.57. The molecule has 0 radical (unpaired) electrons. The van der Waals surface area contributed by atoms with Crippen molar-refractivity contribution in [2.24, 2.45) is 17.6 Å². The summed E-state index contributed by atoms with van der Waals surface area (Å²) in [6.07, 6.45) is -2.26. The molecular weight excluding hydrogens is 604 g/mol. The molecule has 1 aromatic carbocycles. The second-order valence-corrected chi connectivity index (χ2v) is 12.0. The number of amides is 5. The number of carbonyl (C=O) groups is 7. The average molecular weight is 647 g/mol. The predicted octanol–water partition coefficient (Wildman–Crippen LogP) is -0.866. The highest BCUT2D eigenvalue weighted by atomic mass is 18.2. The number of β-amino-alcohol motifs (C(OH)–C–C–N with tert-alkyl or cyclic N) is 1. The smallest absolute Gasteiger partial charge is 0.254 e. The summed E-state index contributed by atoms with van der Waals surface area (Å²) < 4.78 is 12.9. The number of alkyl halides is 1. The third-order valence-electron chi connectivity index (χ3n) is 8.28. The van der Waals surface area contributed by atoms with Crippen LogP contribution in [0.15, 0.2) is 24.3 Å². The number of carbonyl (C=O) groups excluding carboxylic acids is 7. The number of hydrogen-bond acceptors (Lipinski definition) is 9. The standard InChI is InChI=1S/C31H42FN5O9/c1-17(10-22(39)14-34-30(45)18(2)32)29(44)35-15-27(42)37-16-23(40)13-25(37)31(46)36-9-3-4-24(36)26(41)12-20(28(33)43)11-19-5-7-21(38)8-6-19/h5-8,17-18,20,23-25,38,40H,3-4,9-16H2,1-2H3,(H2,33,43)(H,34,45)(H,35,44)/t17?,18?,20?,23-,24?,25?/m0/s1/i32-1. The van der Waals surface area contributed by atoms with Crippen molar-refractivity contribution >= 4 is 41.1 Å². The van der Waals surface area contributed by atoms with Crippen molar-refractivity contribution in [3.8, 4) is 5.75 Å². The molecule has 6 atom stereocenters. The van der Waals surface area contributed by atoms with Gasteiger partial charge >= 0.3 is 0 Å². The second kappa shape index (κ2) is 16.2. The van der Waals surface area contributed by atoms with Gasteiger partial charge in [0.15, 0.2) is 17.7 Å². The van der Waals surface area contributed by atoms with Gasteiger partial charge in [0, 0.05) is 44.2 Å². The Bertz CT molecular complexity index is 1320. The van der Waals surface area contributed by atoms with E-state index in [9.17, 15) is 48.2 Å². The Morgan fingerprint density at radius 3 is 2.24 bits per heavy atom. The number of primary amides is 1. The van der Waals surface area contributed by atoms with Crippen LogP contribution in [0.3, 0.4) is 0 Å². The number of likely N-dealkylation sites (tertiary alicyclic amines) is 2. The Morgan fingerprint density at radius 2 is 1.61 bits per heavy atom. The van der Waals surface area contributed by atoms with E-state index in [-0.39, 0.29) is 50.3 Å². The van der Waals surface area contributed by atoms with Crippen LogP contribution < -0.4 is 16.4 Å². The number of halogens is 1. The first-order chi connectivity index (χ1) is 21.7.